The number of aryl methyl sites for hydroxylation is 2. The van der Waals surface area contributed by atoms with Crippen molar-refractivity contribution in [3.8, 4) is 0 Å². The number of amides is 1. The molecular formula is C17H28N6O. The largest absolute Gasteiger partial charge is 0.359 e. The maximum Gasteiger partial charge on any atom is 0.225 e. The zero-order chi connectivity index (χ0) is 17.3. The third kappa shape index (κ3) is 3.23. The van der Waals surface area contributed by atoms with Crippen LogP contribution in [0.2, 0.25) is 0 Å². The normalized spacial score (nSPS) is 30.4. The summed E-state index contributed by atoms with van der Waals surface area (Å²) in [6, 6.07) is 2.10. The minimum absolute atomic E-state index is 0.0140. The minimum atomic E-state index is -0.0555. The lowest BCUT2D eigenvalue weighted by Gasteiger charge is -2.45. The Morgan fingerprint density at radius 2 is 2.08 bits per heavy atom. The van der Waals surface area contributed by atoms with Gasteiger partial charge in [0.2, 0.25) is 11.9 Å². The van der Waals surface area contributed by atoms with E-state index < -0.39 is 0 Å². The van der Waals surface area contributed by atoms with Crippen LogP contribution in [-0.2, 0) is 4.79 Å². The number of anilines is 1. The third-order valence-corrected chi connectivity index (χ3v) is 5.30. The van der Waals surface area contributed by atoms with E-state index in [1.54, 1.807) is 7.05 Å². The van der Waals surface area contributed by atoms with Crippen LogP contribution in [0.4, 0.5) is 5.95 Å². The molecule has 0 spiro atoms. The molecule has 0 aromatic carbocycles. The molecule has 0 radical (unpaired) electrons. The molecule has 3 unspecified atom stereocenters. The molecule has 7 nitrogen and oxygen atoms in total. The fourth-order valence-corrected chi connectivity index (χ4v) is 4.13. The molecule has 2 aliphatic rings. The Balaban J connectivity index is 1.82. The number of hydrazine groups is 1. The van der Waals surface area contributed by atoms with Crippen LogP contribution in [0.1, 0.15) is 31.2 Å². The Labute approximate surface area is 143 Å². The summed E-state index contributed by atoms with van der Waals surface area (Å²) in [5, 5.41) is 2.79. The van der Waals surface area contributed by atoms with E-state index in [0.29, 0.717) is 6.54 Å². The highest BCUT2D eigenvalue weighted by atomic mass is 16.2. The first-order chi connectivity index (χ1) is 11.4. The van der Waals surface area contributed by atoms with Gasteiger partial charge in [0.25, 0.3) is 0 Å². The van der Waals surface area contributed by atoms with Gasteiger partial charge < -0.3 is 10.2 Å². The number of carbonyl (C=O) groups excluding carboxylic acids is 1. The van der Waals surface area contributed by atoms with Gasteiger partial charge in [-0.1, -0.05) is 6.92 Å². The average Bonchev–Trinajstić information content (AvgIpc) is 3.04. The second-order valence-corrected chi connectivity index (χ2v) is 7.35. The second kappa shape index (κ2) is 6.64. The molecule has 3 atom stereocenters. The average molecular weight is 332 g/mol. The second-order valence-electron chi connectivity index (χ2n) is 7.35. The molecule has 132 valence electrons. The summed E-state index contributed by atoms with van der Waals surface area (Å²) in [7, 11) is 1.70. The zero-order valence-corrected chi connectivity index (χ0v) is 15.0. The van der Waals surface area contributed by atoms with E-state index in [-0.39, 0.29) is 23.3 Å². The smallest absolute Gasteiger partial charge is 0.225 e. The van der Waals surface area contributed by atoms with Gasteiger partial charge in [-0.05, 0) is 32.8 Å². The van der Waals surface area contributed by atoms with Crippen molar-refractivity contribution in [1.29, 1.82) is 0 Å². The fraction of sp³-hybridized carbons (Fsp3) is 0.706. The fourth-order valence-electron chi connectivity index (χ4n) is 4.13. The van der Waals surface area contributed by atoms with Crippen LogP contribution in [0.15, 0.2) is 6.07 Å². The highest BCUT2D eigenvalue weighted by Crippen LogP contribution is 2.38. The number of nitrogens with one attached hydrogen (secondary N) is 3. The van der Waals surface area contributed by atoms with Gasteiger partial charge in [-0.2, -0.15) is 0 Å². The van der Waals surface area contributed by atoms with Crippen LogP contribution < -0.4 is 21.1 Å². The van der Waals surface area contributed by atoms with Gasteiger partial charge in [-0.15, -0.1) is 0 Å². The van der Waals surface area contributed by atoms with Crippen LogP contribution in [0, 0.1) is 25.2 Å². The molecule has 3 N–H and O–H groups in total. The molecule has 2 fully saturated rings. The standard InChI is InChI=1S/C17H28N6O/c1-11-8-12(2)21-16(20-11)23-7-5-6-17(3,10-23)14-13(9-19-22-14)15(24)18-4/h8,13-14,19,22H,5-7,9-10H2,1-4H3,(H,18,24). The topological polar surface area (TPSA) is 82.2 Å². The monoisotopic (exact) mass is 332 g/mol. The first-order valence-corrected chi connectivity index (χ1v) is 8.70. The molecule has 1 amide bonds. The third-order valence-electron chi connectivity index (χ3n) is 5.30. The molecule has 24 heavy (non-hydrogen) atoms. The van der Waals surface area contributed by atoms with Crippen LogP contribution >= 0.6 is 0 Å². The Bertz CT molecular complexity index is 601. The SMILES string of the molecule is CNC(=O)C1CNNC1C1(C)CCCN(c2nc(C)cc(C)n2)C1. The van der Waals surface area contributed by atoms with Gasteiger partial charge in [0, 0.05) is 49.5 Å². The number of hydrogen-bond donors (Lipinski definition) is 3. The van der Waals surface area contributed by atoms with E-state index in [4.69, 9.17) is 0 Å². The Kier molecular flexibility index (Phi) is 4.73. The van der Waals surface area contributed by atoms with E-state index in [0.717, 1.165) is 43.3 Å². The molecule has 1 aromatic rings. The highest BCUT2D eigenvalue weighted by molar-refractivity contribution is 5.79. The van der Waals surface area contributed by atoms with E-state index >= 15 is 0 Å². The van der Waals surface area contributed by atoms with Gasteiger partial charge in [-0.25, -0.2) is 9.97 Å². The van der Waals surface area contributed by atoms with Crippen molar-refractivity contribution in [3.63, 3.8) is 0 Å². The number of aromatic nitrogens is 2. The summed E-state index contributed by atoms with van der Waals surface area (Å²) in [4.78, 5) is 23.7. The molecule has 0 saturated carbocycles. The zero-order valence-electron chi connectivity index (χ0n) is 15.0. The van der Waals surface area contributed by atoms with Crippen LogP contribution in [0.3, 0.4) is 0 Å². The molecular weight excluding hydrogens is 304 g/mol. The van der Waals surface area contributed by atoms with Gasteiger partial charge >= 0.3 is 0 Å². The summed E-state index contributed by atoms with van der Waals surface area (Å²) >= 11 is 0. The summed E-state index contributed by atoms with van der Waals surface area (Å²) in [6.07, 6.45) is 2.16. The van der Waals surface area contributed by atoms with Gasteiger partial charge in [0.1, 0.15) is 0 Å². The van der Waals surface area contributed by atoms with Crippen LogP contribution in [-0.4, -0.2) is 48.6 Å². The maximum absolute atomic E-state index is 12.2. The highest BCUT2D eigenvalue weighted by Gasteiger charge is 2.47. The predicted molar refractivity (Wildman–Crippen MR) is 93.5 cm³/mol. The maximum atomic E-state index is 12.2. The first-order valence-electron chi connectivity index (χ1n) is 8.70. The Hall–Kier alpha value is -1.73. The summed E-state index contributed by atoms with van der Waals surface area (Å²) in [5.41, 5.74) is 8.50. The quantitative estimate of drug-likeness (QED) is 0.749. The van der Waals surface area contributed by atoms with Crippen molar-refractivity contribution in [2.75, 3.05) is 31.6 Å². The molecule has 3 heterocycles. The van der Waals surface area contributed by atoms with Crippen molar-refractivity contribution >= 4 is 11.9 Å². The van der Waals surface area contributed by atoms with Crippen molar-refractivity contribution in [2.45, 2.75) is 39.7 Å². The molecule has 2 saturated heterocycles. The number of carbonyl (C=O) groups is 1. The number of rotatable bonds is 3. The van der Waals surface area contributed by atoms with Crippen molar-refractivity contribution in [2.24, 2.45) is 11.3 Å². The van der Waals surface area contributed by atoms with Crippen LogP contribution in [0.5, 0.6) is 0 Å². The summed E-state index contributed by atoms with van der Waals surface area (Å²) in [5.74, 6) is 0.847. The minimum Gasteiger partial charge on any atom is -0.359 e. The molecule has 1 aromatic heterocycles. The number of hydrogen-bond acceptors (Lipinski definition) is 6. The summed E-state index contributed by atoms with van der Waals surface area (Å²) in [6.45, 7) is 8.76. The first kappa shape index (κ1) is 17.1. The predicted octanol–water partition coefficient (Wildman–Crippen LogP) is 0.539. The number of nitrogens with zero attached hydrogens (tertiary/aromatic N) is 3. The van der Waals surface area contributed by atoms with Gasteiger partial charge in [0.15, 0.2) is 0 Å². The molecule has 2 aliphatic heterocycles. The lowest BCUT2D eigenvalue weighted by molar-refractivity contribution is -0.125. The van der Waals surface area contributed by atoms with Crippen LogP contribution in [0.25, 0.3) is 0 Å². The lowest BCUT2D eigenvalue weighted by Crippen LogP contribution is -2.56. The molecule has 0 bridgehead atoms. The number of piperidine rings is 1. The van der Waals surface area contributed by atoms with Crippen molar-refractivity contribution in [1.82, 2.24) is 26.1 Å². The van der Waals surface area contributed by atoms with E-state index in [1.165, 1.54) is 0 Å². The van der Waals surface area contributed by atoms with E-state index in [1.807, 2.05) is 19.9 Å². The van der Waals surface area contributed by atoms with E-state index in [9.17, 15) is 4.79 Å². The molecule has 7 heteroatoms. The van der Waals surface area contributed by atoms with Crippen molar-refractivity contribution in [3.05, 3.63) is 17.5 Å². The van der Waals surface area contributed by atoms with Crippen molar-refractivity contribution < 1.29 is 4.79 Å². The van der Waals surface area contributed by atoms with Gasteiger partial charge in [-0.3, -0.25) is 15.6 Å². The summed E-state index contributed by atoms with van der Waals surface area (Å²) < 4.78 is 0. The van der Waals surface area contributed by atoms with E-state index in [2.05, 4.69) is 38.0 Å². The lowest BCUT2D eigenvalue weighted by atomic mass is 9.71. The Morgan fingerprint density at radius 1 is 1.38 bits per heavy atom. The molecule has 3 rings (SSSR count). The van der Waals surface area contributed by atoms with Gasteiger partial charge in [0.05, 0.1) is 5.92 Å². The molecule has 0 aliphatic carbocycles. The Morgan fingerprint density at radius 3 is 2.75 bits per heavy atom.